The fourth-order valence-electron chi connectivity index (χ4n) is 2.68. The first-order chi connectivity index (χ1) is 16.2. The normalized spacial score (nSPS) is 11.1. The predicted octanol–water partition coefficient (Wildman–Crippen LogP) is 4.57. The Morgan fingerprint density at radius 3 is 2.18 bits per heavy atom. The first kappa shape index (κ1) is 25.2. The zero-order valence-electron chi connectivity index (χ0n) is 17.5. The maximum absolute atomic E-state index is 12.4. The maximum Gasteiger partial charge on any atom is 0.365 e. The molecule has 4 N–H and O–H groups in total. The number of amidine groups is 1. The van der Waals surface area contributed by atoms with Crippen molar-refractivity contribution in [3.8, 4) is 11.5 Å². The Kier molecular flexibility index (Phi) is 8.59. The van der Waals surface area contributed by atoms with Crippen molar-refractivity contribution < 1.29 is 23.9 Å². The molecule has 0 heterocycles. The molecule has 0 saturated carbocycles. The number of nitrogens with zero attached hydrogens (tertiary/aromatic N) is 1. The quantitative estimate of drug-likeness (QED) is 0.183. The number of halogens is 3. The van der Waals surface area contributed by atoms with Crippen molar-refractivity contribution in [2.75, 3.05) is 6.61 Å². The second-order valence-corrected chi connectivity index (χ2v) is 8.07. The summed E-state index contributed by atoms with van der Waals surface area (Å²) in [6, 6.07) is 15.9. The molecule has 1 amide bonds. The fraction of sp³-hybridized carbons (Fsp3) is 0.0870. The summed E-state index contributed by atoms with van der Waals surface area (Å²) in [6.07, 6.45) is 0. The van der Waals surface area contributed by atoms with Crippen LogP contribution in [0.2, 0.25) is 15.1 Å². The van der Waals surface area contributed by atoms with Crippen LogP contribution in [-0.4, -0.2) is 24.3 Å². The van der Waals surface area contributed by atoms with Crippen LogP contribution in [0.25, 0.3) is 0 Å². The average molecular weight is 523 g/mol. The fourth-order valence-corrected chi connectivity index (χ4v) is 3.61. The lowest BCUT2D eigenvalue weighted by Gasteiger charge is -2.11. The van der Waals surface area contributed by atoms with E-state index in [1.54, 1.807) is 48.5 Å². The van der Waals surface area contributed by atoms with E-state index in [0.29, 0.717) is 21.9 Å². The van der Waals surface area contributed by atoms with E-state index in [0.717, 1.165) is 0 Å². The Morgan fingerprint density at radius 2 is 1.53 bits per heavy atom. The van der Waals surface area contributed by atoms with E-state index in [1.165, 1.54) is 12.1 Å². The molecule has 34 heavy (non-hydrogen) atoms. The van der Waals surface area contributed by atoms with E-state index in [4.69, 9.17) is 60.6 Å². The van der Waals surface area contributed by atoms with E-state index >= 15 is 0 Å². The number of oxime groups is 1. The molecule has 0 unspecified atom stereocenters. The van der Waals surface area contributed by atoms with E-state index < -0.39 is 11.9 Å². The van der Waals surface area contributed by atoms with Gasteiger partial charge in [-0.25, -0.2) is 4.79 Å². The van der Waals surface area contributed by atoms with Gasteiger partial charge in [0.15, 0.2) is 18.2 Å². The molecular formula is C23H18Cl3N3O5. The molecule has 0 bridgehead atoms. The number of ether oxygens (including phenoxy) is 2. The van der Waals surface area contributed by atoms with Crippen LogP contribution in [0, 0.1) is 0 Å². The van der Waals surface area contributed by atoms with Crippen molar-refractivity contribution in [1.29, 1.82) is 0 Å². The van der Waals surface area contributed by atoms with Gasteiger partial charge >= 0.3 is 5.97 Å². The molecule has 3 aromatic carbocycles. The zero-order chi connectivity index (χ0) is 24.7. The van der Waals surface area contributed by atoms with Gasteiger partial charge in [-0.3, -0.25) is 4.79 Å². The number of rotatable bonds is 9. The summed E-state index contributed by atoms with van der Waals surface area (Å²) in [4.78, 5) is 28.1. The largest absolute Gasteiger partial charge is 0.486 e. The third kappa shape index (κ3) is 7.02. The number of hydrogen-bond donors (Lipinski definition) is 2. The molecule has 0 aliphatic heterocycles. The Hall–Kier alpha value is -3.46. The van der Waals surface area contributed by atoms with Gasteiger partial charge in [-0.15, -0.1) is 0 Å². The van der Waals surface area contributed by atoms with Crippen LogP contribution in [0.15, 0.2) is 65.8 Å². The van der Waals surface area contributed by atoms with Gasteiger partial charge in [-0.05, 0) is 54.1 Å². The van der Waals surface area contributed by atoms with E-state index in [-0.39, 0.29) is 40.4 Å². The number of primary amides is 1. The first-order valence-corrected chi connectivity index (χ1v) is 10.8. The Morgan fingerprint density at radius 1 is 0.853 bits per heavy atom. The molecule has 0 saturated heterocycles. The highest BCUT2D eigenvalue weighted by atomic mass is 35.5. The highest BCUT2D eigenvalue weighted by Crippen LogP contribution is 2.36. The number of hydrogen-bond acceptors (Lipinski definition) is 6. The number of amides is 1. The summed E-state index contributed by atoms with van der Waals surface area (Å²) in [5.74, 6) is -0.628. The lowest BCUT2D eigenvalue weighted by Crippen LogP contribution is -2.20. The van der Waals surface area contributed by atoms with Gasteiger partial charge in [0.1, 0.15) is 12.4 Å². The Bertz CT molecular complexity index is 1210. The van der Waals surface area contributed by atoms with Crippen LogP contribution in [0.1, 0.15) is 21.5 Å². The third-order valence-corrected chi connectivity index (χ3v) is 5.05. The van der Waals surface area contributed by atoms with E-state index in [9.17, 15) is 9.59 Å². The zero-order valence-corrected chi connectivity index (χ0v) is 19.7. The van der Waals surface area contributed by atoms with Crippen LogP contribution in [0.3, 0.4) is 0 Å². The molecule has 0 aliphatic carbocycles. The SMILES string of the molecule is NC(=O)COc1ccc(/C(N)=N/OC(=O)c2cccc(COc3c(Cl)cc(Cl)cc3Cl)c2)cc1. The van der Waals surface area contributed by atoms with Crippen LogP contribution in [0.5, 0.6) is 11.5 Å². The number of carbonyl (C=O) groups is 2. The van der Waals surface area contributed by atoms with E-state index in [1.807, 2.05) is 0 Å². The van der Waals surface area contributed by atoms with Crippen LogP contribution >= 0.6 is 34.8 Å². The summed E-state index contributed by atoms with van der Waals surface area (Å²) >= 11 is 18.1. The van der Waals surface area contributed by atoms with Gasteiger partial charge in [-0.2, -0.15) is 0 Å². The minimum absolute atomic E-state index is 0.0266. The topological polar surface area (TPSA) is 126 Å². The molecule has 8 nitrogen and oxygen atoms in total. The van der Waals surface area contributed by atoms with Crippen molar-refractivity contribution >= 4 is 52.5 Å². The van der Waals surface area contributed by atoms with Gasteiger partial charge < -0.3 is 25.8 Å². The van der Waals surface area contributed by atoms with Gasteiger partial charge in [-0.1, -0.05) is 52.1 Å². The summed E-state index contributed by atoms with van der Waals surface area (Å²) in [5.41, 5.74) is 12.3. The standard InChI is InChI=1S/C23H18Cl3N3O5/c24-16-9-18(25)21(19(26)10-16)33-11-13-2-1-3-15(8-13)23(31)34-29-22(28)14-4-6-17(7-5-14)32-12-20(27)30/h1-10H,11-12H2,(H2,27,30)(H2,28,29). The smallest absolute Gasteiger partial charge is 0.365 e. The number of nitrogens with two attached hydrogens (primary N) is 2. The molecule has 0 atom stereocenters. The lowest BCUT2D eigenvalue weighted by molar-refractivity contribution is -0.119. The molecule has 0 fully saturated rings. The number of benzene rings is 3. The summed E-state index contributed by atoms with van der Waals surface area (Å²) < 4.78 is 10.8. The molecule has 3 rings (SSSR count). The van der Waals surface area contributed by atoms with Crippen molar-refractivity contribution in [2.45, 2.75) is 6.61 Å². The van der Waals surface area contributed by atoms with Crippen LogP contribution in [0.4, 0.5) is 0 Å². The lowest BCUT2D eigenvalue weighted by atomic mass is 10.1. The highest BCUT2D eigenvalue weighted by molar-refractivity contribution is 6.40. The minimum atomic E-state index is -0.714. The molecule has 3 aromatic rings. The molecule has 11 heteroatoms. The van der Waals surface area contributed by atoms with Crippen molar-refractivity contribution in [3.63, 3.8) is 0 Å². The number of carbonyl (C=O) groups excluding carboxylic acids is 2. The second kappa shape index (κ2) is 11.6. The first-order valence-electron chi connectivity index (χ1n) is 9.65. The summed E-state index contributed by atoms with van der Waals surface area (Å²) in [6.45, 7) is -0.151. The van der Waals surface area contributed by atoms with Gasteiger partial charge in [0, 0.05) is 10.6 Å². The molecule has 0 aromatic heterocycles. The molecular weight excluding hydrogens is 505 g/mol. The van der Waals surface area contributed by atoms with E-state index in [2.05, 4.69) is 5.16 Å². The molecule has 176 valence electrons. The molecule has 0 spiro atoms. The summed E-state index contributed by atoms with van der Waals surface area (Å²) in [5, 5.41) is 4.61. The van der Waals surface area contributed by atoms with Crippen LogP contribution in [-0.2, 0) is 16.2 Å². The maximum atomic E-state index is 12.4. The van der Waals surface area contributed by atoms with Gasteiger partial charge in [0.05, 0.1) is 15.6 Å². The van der Waals surface area contributed by atoms with Gasteiger partial charge in [0.25, 0.3) is 5.91 Å². The van der Waals surface area contributed by atoms with Crippen molar-refractivity contribution in [1.82, 2.24) is 0 Å². The average Bonchev–Trinajstić information content (AvgIpc) is 2.80. The van der Waals surface area contributed by atoms with Crippen molar-refractivity contribution in [3.05, 3.63) is 92.4 Å². The predicted molar refractivity (Wildman–Crippen MR) is 130 cm³/mol. The highest BCUT2D eigenvalue weighted by Gasteiger charge is 2.12. The Labute approximate surface area is 209 Å². The second-order valence-electron chi connectivity index (χ2n) is 6.82. The van der Waals surface area contributed by atoms with Crippen molar-refractivity contribution in [2.24, 2.45) is 16.6 Å². The minimum Gasteiger partial charge on any atom is -0.486 e. The molecule has 0 radical (unpaired) electrons. The van der Waals surface area contributed by atoms with Crippen LogP contribution < -0.4 is 20.9 Å². The van der Waals surface area contributed by atoms with Gasteiger partial charge in [0.2, 0.25) is 0 Å². The molecule has 0 aliphatic rings. The summed E-state index contributed by atoms with van der Waals surface area (Å²) in [7, 11) is 0. The Balaban J connectivity index is 1.61. The monoisotopic (exact) mass is 521 g/mol. The third-order valence-electron chi connectivity index (χ3n) is 4.27.